The van der Waals surface area contributed by atoms with Gasteiger partial charge in [-0.15, -0.1) is 0 Å². The van der Waals surface area contributed by atoms with E-state index in [4.69, 9.17) is 11.6 Å². The van der Waals surface area contributed by atoms with Gasteiger partial charge < -0.3 is 15.5 Å². The van der Waals surface area contributed by atoms with Crippen LogP contribution < -0.4 is 5.32 Å². The molecule has 24 heavy (non-hydrogen) atoms. The number of aromatic nitrogens is 1. The van der Waals surface area contributed by atoms with E-state index in [0.717, 1.165) is 0 Å². The molecule has 0 spiro atoms. The third kappa shape index (κ3) is 3.77. The van der Waals surface area contributed by atoms with Crippen molar-refractivity contribution >= 4 is 28.2 Å². The average molecular weight is 357 g/mol. The summed E-state index contributed by atoms with van der Waals surface area (Å²) < 4.78 is 26.2. The average Bonchev–Trinajstić information content (AvgIpc) is 2.70. The second kappa shape index (κ2) is 7.17. The summed E-state index contributed by atoms with van der Waals surface area (Å²) in [4.78, 5) is 3.98. The summed E-state index contributed by atoms with van der Waals surface area (Å²) in [5, 5.41) is 24.0. The highest BCUT2D eigenvalue weighted by Crippen LogP contribution is 2.31. The van der Waals surface area contributed by atoms with E-state index in [0.29, 0.717) is 47.3 Å². The molecule has 0 radical (unpaired) electrons. The first-order valence-electron chi connectivity index (χ1n) is 7.95. The van der Waals surface area contributed by atoms with Crippen LogP contribution in [0.2, 0.25) is 5.02 Å². The van der Waals surface area contributed by atoms with Gasteiger partial charge in [0, 0.05) is 22.1 Å². The van der Waals surface area contributed by atoms with Gasteiger partial charge in [-0.3, -0.25) is 0 Å². The number of hydrogen-bond donors (Lipinski definition) is 3. The lowest BCUT2D eigenvalue weighted by Gasteiger charge is -2.20. The number of nitrogens with one attached hydrogen (secondary N) is 1. The summed E-state index contributed by atoms with van der Waals surface area (Å²) in [6.45, 7) is 0. The Bertz CT molecular complexity index is 717. The molecular weight excluding hydrogens is 338 g/mol. The smallest absolute Gasteiger partial charge is 0.280 e. The van der Waals surface area contributed by atoms with E-state index in [1.807, 2.05) is 0 Å². The summed E-state index contributed by atoms with van der Waals surface area (Å²) >= 11 is 6.03. The van der Waals surface area contributed by atoms with E-state index in [9.17, 15) is 19.0 Å². The molecule has 3 N–H and O–H groups in total. The first-order chi connectivity index (χ1) is 11.4. The van der Waals surface area contributed by atoms with Crippen LogP contribution in [0.3, 0.4) is 0 Å². The number of nitrogens with zero attached hydrogens (tertiary/aromatic N) is 1. The van der Waals surface area contributed by atoms with Crippen LogP contribution in [0.25, 0.3) is 10.9 Å². The SMILES string of the molecule is O[C@@H]1CCC(Nc2cc(C(F)F)nc3ccc(Cl)cc23)CC[C@@H]1O. The Morgan fingerprint density at radius 1 is 1.08 bits per heavy atom. The Kier molecular flexibility index (Phi) is 5.18. The minimum Gasteiger partial charge on any atom is -0.390 e. The molecule has 4 nitrogen and oxygen atoms in total. The lowest BCUT2D eigenvalue weighted by atomic mass is 10.1. The number of aliphatic hydroxyl groups is 2. The molecule has 130 valence electrons. The van der Waals surface area contributed by atoms with Gasteiger partial charge >= 0.3 is 0 Å². The van der Waals surface area contributed by atoms with Crippen molar-refractivity contribution in [3.63, 3.8) is 0 Å². The first kappa shape index (κ1) is 17.3. The van der Waals surface area contributed by atoms with Crippen molar-refractivity contribution in [2.24, 2.45) is 0 Å². The molecule has 1 aliphatic rings. The predicted octanol–water partition coefficient (Wildman–Crippen LogP) is 3.90. The fourth-order valence-corrected chi connectivity index (χ4v) is 3.26. The molecule has 0 amide bonds. The van der Waals surface area contributed by atoms with Crippen LogP contribution in [0.5, 0.6) is 0 Å². The van der Waals surface area contributed by atoms with Gasteiger partial charge in [0.15, 0.2) is 0 Å². The Morgan fingerprint density at radius 2 is 1.75 bits per heavy atom. The molecule has 1 aromatic heterocycles. The molecule has 1 unspecified atom stereocenters. The lowest BCUT2D eigenvalue weighted by Crippen LogP contribution is -2.23. The molecule has 0 saturated heterocycles. The third-order valence-electron chi connectivity index (χ3n) is 4.44. The molecule has 3 rings (SSSR count). The summed E-state index contributed by atoms with van der Waals surface area (Å²) in [7, 11) is 0. The highest BCUT2D eigenvalue weighted by atomic mass is 35.5. The second-order valence-electron chi connectivity index (χ2n) is 6.19. The predicted molar refractivity (Wildman–Crippen MR) is 89.6 cm³/mol. The maximum atomic E-state index is 13.1. The molecular formula is C17H19ClF2N2O2. The zero-order chi connectivity index (χ0) is 17.3. The largest absolute Gasteiger partial charge is 0.390 e. The van der Waals surface area contributed by atoms with Gasteiger partial charge in [0.05, 0.1) is 17.7 Å². The van der Waals surface area contributed by atoms with Crippen molar-refractivity contribution in [3.05, 3.63) is 35.0 Å². The number of halogens is 3. The van der Waals surface area contributed by atoms with Gasteiger partial charge in [0.2, 0.25) is 0 Å². The molecule has 1 heterocycles. The number of fused-ring (bicyclic) bond motifs is 1. The fourth-order valence-electron chi connectivity index (χ4n) is 3.09. The van der Waals surface area contributed by atoms with Gasteiger partial charge in [-0.2, -0.15) is 0 Å². The molecule has 3 atom stereocenters. The molecule has 2 aromatic rings. The van der Waals surface area contributed by atoms with Crippen molar-refractivity contribution in [2.45, 2.75) is 50.4 Å². The summed E-state index contributed by atoms with van der Waals surface area (Å²) in [6.07, 6.45) is -1.93. The molecule has 7 heteroatoms. The maximum absolute atomic E-state index is 13.1. The summed E-state index contributed by atoms with van der Waals surface area (Å²) in [6, 6.07) is 6.26. The van der Waals surface area contributed by atoms with Crippen LogP contribution in [0.1, 0.15) is 37.8 Å². The molecule has 1 aromatic carbocycles. The van der Waals surface area contributed by atoms with Crippen LogP contribution in [0.15, 0.2) is 24.3 Å². The highest BCUT2D eigenvalue weighted by Gasteiger charge is 2.25. The zero-order valence-corrected chi connectivity index (χ0v) is 13.7. The zero-order valence-electron chi connectivity index (χ0n) is 12.9. The number of alkyl halides is 2. The minimum absolute atomic E-state index is 0.0214. The maximum Gasteiger partial charge on any atom is 0.280 e. The van der Waals surface area contributed by atoms with Gasteiger partial charge in [0.1, 0.15) is 5.69 Å². The summed E-state index contributed by atoms with van der Waals surface area (Å²) in [5.41, 5.74) is 0.711. The Balaban J connectivity index is 1.93. The number of benzene rings is 1. The van der Waals surface area contributed by atoms with Crippen molar-refractivity contribution < 1.29 is 19.0 Å². The number of anilines is 1. The quantitative estimate of drug-likeness (QED) is 0.730. The van der Waals surface area contributed by atoms with Crippen molar-refractivity contribution in [1.82, 2.24) is 4.98 Å². The fraction of sp³-hybridized carbons (Fsp3) is 0.471. The Labute approximate surface area is 143 Å². The van der Waals surface area contributed by atoms with E-state index in [-0.39, 0.29) is 11.7 Å². The highest BCUT2D eigenvalue weighted by molar-refractivity contribution is 6.31. The van der Waals surface area contributed by atoms with E-state index >= 15 is 0 Å². The van der Waals surface area contributed by atoms with E-state index in [1.54, 1.807) is 18.2 Å². The first-order valence-corrected chi connectivity index (χ1v) is 8.33. The normalized spacial score (nSPS) is 25.0. The second-order valence-corrected chi connectivity index (χ2v) is 6.62. The molecule has 0 bridgehead atoms. The van der Waals surface area contributed by atoms with Crippen LogP contribution in [0.4, 0.5) is 14.5 Å². The van der Waals surface area contributed by atoms with Gasteiger partial charge in [0.25, 0.3) is 6.43 Å². The topological polar surface area (TPSA) is 65.4 Å². The van der Waals surface area contributed by atoms with Crippen LogP contribution in [-0.2, 0) is 0 Å². The molecule has 1 saturated carbocycles. The van der Waals surface area contributed by atoms with Crippen LogP contribution in [-0.4, -0.2) is 33.4 Å². The standard InChI is InChI=1S/C17H19ClF2N2O2/c18-9-1-4-12-11(7-9)13(8-14(22-12)17(19)20)21-10-2-5-15(23)16(24)6-3-10/h1,4,7-8,10,15-17,23-24H,2-3,5-6H2,(H,21,22)/t10?,15-,16+. The van der Waals surface area contributed by atoms with E-state index < -0.39 is 18.6 Å². The van der Waals surface area contributed by atoms with Gasteiger partial charge in [-0.25, -0.2) is 13.8 Å². The monoisotopic (exact) mass is 356 g/mol. The number of rotatable bonds is 3. The van der Waals surface area contributed by atoms with Gasteiger partial charge in [-0.1, -0.05) is 11.6 Å². The van der Waals surface area contributed by atoms with Gasteiger partial charge in [-0.05, 0) is 49.9 Å². The Hall–Kier alpha value is -1.50. The Morgan fingerprint density at radius 3 is 2.38 bits per heavy atom. The van der Waals surface area contributed by atoms with Crippen LogP contribution in [0, 0.1) is 0 Å². The minimum atomic E-state index is -2.66. The number of pyridine rings is 1. The van der Waals surface area contributed by atoms with E-state index in [1.165, 1.54) is 6.07 Å². The van der Waals surface area contributed by atoms with Crippen molar-refractivity contribution in [3.8, 4) is 0 Å². The number of aliphatic hydroxyl groups excluding tert-OH is 2. The lowest BCUT2D eigenvalue weighted by molar-refractivity contribution is 0.0157. The van der Waals surface area contributed by atoms with Crippen molar-refractivity contribution in [2.75, 3.05) is 5.32 Å². The molecule has 1 aliphatic carbocycles. The molecule has 1 fully saturated rings. The van der Waals surface area contributed by atoms with E-state index in [2.05, 4.69) is 10.3 Å². The summed E-state index contributed by atoms with van der Waals surface area (Å²) in [5.74, 6) is 0. The van der Waals surface area contributed by atoms with Crippen LogP contribution >= 0.6 is 11.6 Å². The van der Waals surface area contributed by atoms with Crippen molar-refractivity contribution in [1.29, 1.82) is 0 Å². The number of hydrogen-bond acceptors (Lipinski definition) is 4. The molecule has 0 aliphatic heterocycles. The third-order valence-corrected chi connectivity index (χ3v) is 4.67.